The van der Waals surface area contributed by atoms with Crippen LogP contribution in [0.3, 0.4) is 0 Å². The van der Waals surface area contributed by atoms with Crippen LogP contribution in [0.15, 0.2) is 18.2 Å². The van der Waals surface area contributed by atoms with Crippen LogP contribution in [0.1, 0.15) is 45.5 Å². The van der Waals surface area contributed by atoms with E-state index in [1.54, 1.807) is 0 Å². The SMILES string of the molecule is CCN(CCNCCC(C)(C)C)Cc1cccc(C)n1. The van der Waals surface area contributed by atoms with Gasteiger partial charge in [-0.1, -0.05) is 33.8 Å². The van der Waals surface area contributed by atoms with Crippen molar-refractivity contribution in [3.63, 3.8) is 0 Å². The Kier molecular flexibility index (Phi) is 7.17. The number of likely N-dealkylation sites (N-methyl/N-ethyl adjacent to an activating group) is 1. The van der Waals surface area contributed by atoms with E-state index in [1.165, 1.54) is 12.1 Å². The van der Waals surface area contributed by atoms with Gasteiger partial charge in [-0.25, -0.2) is 0 Å². The fourth-order valence-electron chi connectivity index (χ4n) is 2.09. The number of aromatic nitrogens is 1. The van der Waals surface area contributed by atoms with Crippen LogP contribution < -0.4 is 5.32 Å². The van der Waals surface area contributed by atoms with Crippen LogP contribution in [0.25, 0.3) is 0 Å². The number of aryl methyl sites for hydroxylation is 1. The third-order valence-corrected chi connectivity index (χ3v) is 3.44. The molecule has 0 atom stereocenters. The lowest BCUT2D eigenvalue weighted by Gasteiger charge is -2.22. The Morgan fingerprint density at radius 2 is 1.95 bits per heavy atom. The number of hydrogen-bond donors (Lipinski definition) is 1. The van der Waals surface area contributed by atoms with Gasteiger partial charge in [-0.3, -0.25) is 9.88 Å². The minimum atomic E-state index is 0.420. The summed E-state index contributed by atoms with van der Waals surface area (Å²) in [6.07, 6.45) is 1.22. The van der Waals surface area contributed by atoms with Gasteiger partial charge in [0, 0.05) is 25.3 Å². The van der Waals surface area contributed by atoms with E-state index in [1.807, 2.05) is 13.0 Å². The molecule has 0 spiro atoms. The Morgan fingerprint density at radius 3 is 2.55 bits per heavy atom. The highest BCUT2D eigenvalue weighted by molar-refractivity contribution is 5.09. The van der Waals surface area contributed by atoms with Gasteiger partial charge in [0.2, 0.25) is 0 Å². The molecule has 1 rings (SSSR count). The average molecular weight is 277 g/mol. The van der Waals surface area contributed by atoms with E-state index in [2.05, 4.69) is 55.0 Å². The summed E-state index contributed by atoms with van der Waals surface area (Å²) in [6, 6.07) is 6.25. The lowest BCUT2D eigenvalue weighted by molar-refractivity contribution is 0.272. The molecule has 114 valence electrons. The van der Waals surface area contributed by atoms with Crippen molar-refractivity contribution in [1.29, 1.82) is 0 Å². The number of pyridine rings is 1. The molecular formula is C17H31N3. The third kappa shape index (κ3) is 7.61. The van der Waals surface area contributed by atoms with Gasteiger partial charge in [0.15, 0.2) is 0 Å². The van der Waals surface area contributed by atoms with Crippen LogP contribution in [0.5, 0.6) is 0 Å². The molecule has 20 heavy (non-hydrogen) atoms. The maximum Gasteiger partial charge on any atom is 0.0547 e. The average Bonchev–Trinajstić information content (AvgIpc) is 2.35. The molecule has 0 unspecified atom stereocenters. The number of nitrogens with one attached hydrogen (secondary N) is 1. The Labute approximate surface area is 124 Å². The zero-order valence-electron chi connectivity index (χ0n) is 13.9. The Hall–Kier alpha value is -0.930. The number of rotatable bonds is 8. The fraction of sp³-hybridized carbons (Fsp3) is 0.706. The summed E-state index contributed by atoms with van der Waals surface area (Å²) in [7, 11) is 0. The quantitative estimate of drug-likeness (QED) is 0.739. The first-order valence-corrected chi connectivity index (χ1v) is 7.76. The fourth-order valence-corrected chi connectivity index (χ4v) is 2.09. The maximum absolute atomic E-state index is 4.58. The van der Waals surface area contributed by atoms with Crippen molar-refractivity contribution in [3.05, 3.63) is 29.6 Å². The predicted octanol–water partition coefficient (Wildman–Crippen LogP) is 3.24. The van der Waals surface area contributed by atoms with Gasteiger partial charge in [0.05, 0.1) is 5.69 Å². The Bertz CT molecular complexity index is 382. The highest BCUT2D eigenvalue weighted by atomic mass is 15.1. The topological polar surface area (TPSA) is 28.2 Å². The van der Waals surface area contributed by atoms with E-state index in [-0.39, 0.29) is 0 Å². The molecule has 1 aromatic heterocycles. The second kappa shape index (κ2) is 8.38. The zero-order chi connectivity index (χ0) is 15.0. The standard InChI is InChI=1S/C17H31N3/c1-6-20(13-12-18-11-10-17(3,4)5)14-16-9-7-8-15(2)19-16/h7-9,18H,6,10-14H2,1-5H3. The summed E-state index contributed by atoms with van der Waals surface area (Å²) in [5.74, 6) is 0. The lowest BCUT2D eigenvalue weighted by atomic mass is 9.92. The van der Waals surface area contributed by atoms with Gasteiger partial charge in [-0.05, 0) is 44.0 Å². The largest absolute Gasteiger partial charge is 0.315 e. The van der Waals surface area contributed by atoms with E-state index in [9.17, 15) is 0 Å². The summed E-state index contributed by atoms with van der Waals surface area (Å²) < 4.78 is 0. The van der Waals surface area contributed by atoms with Gasteiger partial charge < -0.3 is 5.32 Å². The van der Waals surface area contributed by atoms with E-state index in [0.29, 0.717) is 5.41 Å². The van der Waals surface area contributed by atoms with Crippen LogP contribution in [-0.2, 0) is 6.54 Å². The molecule has 0 amide bonds. The van der Waals surface area contributed by atoms with E-state index >= 15 is 0 Å². The Balaban J connectivity index is 2.26. The summed E-state index contributed by atoms with van der Waals surface area (Å²) >= 11 is 0. The summed E-state index contributed by atoms with van der Waals surface area (Å²) in [5, 5.41) is 3.54. The first-order valence-electron chi connectivity index (χ1n) is 7.76. The van der Waals surface area contributed by atoms with E-state index < -0.39 is 0 Å². The predicted molar refractivity (Wildman–Crippen MR) is 86.9 cm³/mol. The molecule has 0 bridgehead atoms. The molecule has 1 aromatic rings. The van der Waals surface area contributed by atoms with Gasteiger partial charge in [-0.2, -0.15) is 0 Å². The first-order chi connectivity index (χ1) is 9.40. The van der Waals surface area contributed by atoms with Crippen molar-refractivity contribution < 1.29 is 0 Å². The highest BCUT2D eigenvalue weighted by Gasteiger charge is 2.09. The van der Waals surface area contributed by atoms with Crippen LogP contribution in [-0.4, -0.2) is 36.1 Å². The van der Waals surface area contributed by atoms with Crippen LogP contribution in [0.2, 0.25) is 0 Å². The van der Waals surface area contributed by atoms with E-state index in [0.717, 1.165) is 38.4 Å². The summed E-state index contributed by atoms with van der Waals surface area (Å²) in [6.45, 7) is 16.4. The molecule has 1 N–H and O–H groups in total. The van der Waals surface area contributed by atoms with Crippen LogP contribution in [0.4, 0.5) is 0 Å². The molecule has 3 nitrogen and oxygen atoms in total. The van der Waals surface area contributed by atoms with Gasteiger partial charge in [0.1, 0.15) is 0 Å². The molecule has 3 heteroatoms. The molecular weight excluding hydrogens is 246 g/mol. The summed E-state index contributed by atoms with van der Waals surface area (Å²) in [5.41, 5.74) is 2.69. The number of nitrogens with zero attached hydrogens (tertiary/aromatic N) is 2. The Morgan fingerprint density at radius 1 is 1.20 bits per heavy atom. The van der Waals surface area contributed by atoms with Crippen LogP contribution in [0, 0.1) is 12.3 Å². The zero-order valence-corrected chi connectivity index (χ0v) is 13.9. The van der Waals surface area contributed by atoms with Crippen molar-refractivity contribution >= 4 is 0 Å². The van der Waals surface area contributed by atoms with Crippen molar-refractivity contribution in [2.24, 2.45) is 5.41 Å². The van der Waals surface area contributed by atoms with Gasteiger partial charge in [0.25, 0.3) is 0 Å². The van der Waals surface area contributed by atoms with Crippen LogP contribution >= 0.6 is 0 Å². The lowest BCUT2D eigenvalue weighted by Crippen LogP contribution is -2.33. The highest BCUT2D eigenvalue weighted by Crippen LogP contribution is 2.16. The van der Waals surface area contributed by atoms with Gasteiger partial charge >= 0.3 is 0 Å². The maximum atomic E-state index is 4.58. The molecule has 1 heterocycles. The molecule has 0 aromatic carbocycles. The monoisotopic (exact) mass is 277 g/mol. The summed E-state index contributed by atoms with van der Waals surface area (Å²) in [4.78, 5) is 7.01. The molecule has 0 saturated carbocycles. The molecule has 0 fully saturated rings. The molecule has 0 saturated heterocycles. The first kappa shape index (κ1) is 17.1. The smallest absolute Gasteiger partial charge is 0.0547 e. The molecule has 0 aliphatic rings. The van der Waals surface area contributed by atoms with Crippen molar-refractivity contribution in [2.45, 2.75) is 47.6 Å². The molecule has 0 aliphatic carbocycles. The minimum Gasteiger partial charge on any atom is -0.315 e. The third-order valence-electron chi connectivity index (χ3n) is 3.44. The molecule has 0 radical (unpaired) electrons. The van der Waals surface area contributed by atoms with Crippen molar-refractivity contribution in [3.8, 4) is 0 Å². The molecule has 0 aliphatic heterocycles. The minimum absolute atomic E-state index is 0.420. The van der Waals surface area contributed by atoms with Gasteiger partial charge in [-0.15, -0.1) is 0 Å². The number of hydrogen-bond acceptors (Lipinski definition) is 3. The van der Waals surface area contributed by atoms with Crippen molar-refractivity contribution in [2.75, 3.05) is 26.2 Å². The van der Waals surface area contributed by atoms with E-state index in [4.69, 9.17) is 0 Å². The van der Waals surface area contributed by atoms with Crippen molar-refractivity contribution in [1.82, 2.24) is 15.2 Å². The normalized spacial score (nSPS) is 12.1. The second-order valence-corrected chi connectivity index (χ2v) is 6.70. The second-order valence-electron chi connectivity index (χ2n) is 6.70.